The van der Waals surface area contributed by atoms with E-state index in [-0.39, 0.29) is 54.6 Å². The zero-order chi connectivity index (χ0) is 17.4. The summed E-state index contributed by atoms with van der Waals surface area (Å²) in [7, 11) is 0. The molecule has 6 nitrogen and oxygen atoms in total. The fourth-order valence-corrected chi connectivity index (χ4v) is 4.33. The van der Waals surface area contributed by atoms with Crippen molar-refractivity contribution in [3.05, 3.63) is 42.5 Å². The molecule has 0 spiro atoms. The number of hydrogen-bond donors (Lipinski definition) is 2. The van der Waals surface area contributed by atoms with Crippen molar-refractivity contribution in [2.75, 3.05) is 18.4 Å². The molecule has 130 valence electrons. The zero-order valence-corrected chi connectivity index (χ0v) is 13.9. The number of hydrogen-bond acceptors (Lipinski definition) is 3. The predicted octanol–water partition coefficient (Wildman–Crippen LogP) is 2.01. The van der Waals surface area contributed by atoms with Gasteiger partial charge in [-0.05, 0) is 36.8 Å². The van der Waals surface area contributed by atoms with E-state index in [9.17, 15) is 14.4 Å². The minimum absolute atomic E-state index is 0.0701. The van der Waals surface area contributed by atoms with E-state index in [4.69, 9.17) is 0 Å². The molecule has 6 heteroatoms. The number of anilines is 1. The number of nitrogens with zero attached hydrogens (tertiary/aromatic N) is 1. The van der Waals surface area contributed by atoms with Gasteiger partial charge in [-0.3, -0.25) is 14.5 Å². The highest BCUT2D eigenvalue weighted by molar-refractivity contribution is 6.06. The van der Waals surface area contributed by atoms with Crippen LogP contribution in [0.2, 0.25) is 0 Å². The maximum Gasteiger partial charge on any atom is 0.319 e. The molecule has 1 heterocycles. The third-order valence-corrected chi connectivity index (χ3v) is 5.50. The molecule has 0 aromatic heterocycles. The number of urea groups is 1. The van der Waals surface area contributed by atoms with Crippen LogP contribution in [0.1, 0.15) is 12.8 Å². The summed E-state index contributed by atoms with van der Waals surface area (Å²) in [6.07, 6.45) is 6.20. The minimum Gasteiger partial charge on any atom is -0.336 e. The number of rotatable bonds is 4. The van der Waals surface area contributed by atoms with E-state index in [2.05, 4.69) is 22.8 Å². The molecule has 4 atom stereocenters. The number of amides is 4. The van der Waals surface area contributed by atoms with Crippen LogP contribution >= 0.6 is 0 Å². The Morgan fingerprint density at radius 3 is 2.16 bits per heavy atom. The van der Waals surface area contributed by atoms with Crippen molar-refractivity contribution in [1.82, 2.24) is 10.2 Å². The van der Waals surface area contributed by atoms with Crippen molar-refractivity contribution in [2.24, 2.45) is 23.7 Å². The molecular weight excluding hydrogens is 318 g/mol. The van der Waals surface area contributed by atoms with Crippen molar-refractivity contribution in [1.29, 1.82) is 0 Å². The molecule has 2 bridgehead atoms. The number of benzene rings is 1. The highest BCUT2D eigenvalue weighted by atomic mass is 16.2. The Morgan fingerprint density at radius 2 is 1.60 bits per heavy atom. The van der Waals surface area contributed by atoms with Gasteiger partial charge < -0.3 is 10.6 Å². The second kappa shape index (κ2) is 6.35. The van der Waals surface area contributed by atoms with Gasteiger partial charge in [-0.15, -0.1) is 0 Å². The van der Waals surface area contributed by atoms with Crippen molar-refractivity contribution >= 4 is 23.5 Å². The number of likely N-dealkylation sites (tertiary alicyclic amines) is 1. The standard InChI is InChI=1S/C19H21N3O3/c23-17-15-12-6-7-13(9-8-12)16(15)18(24)22(17)11-10-20-19(25)21-14-4-2-1-3-5-14/h1-7,12-13,15-16H,8-11H2,(H2,20,21,25)/t12-,13-,15-,16-/m0/s1. The van der Waals surface area contributed by atoms with Crippen LogP contribution in [0.15, 0.2) is 42.5 Å². The number of imide groups is 1. The molecule has 1 aromatic carbocycles. The summed E-state index contributed by atoms with van der Waals surface area (Å²) in [5, 5.41) is 5.42. The van der Waals surface area contributed by atoms with Crippen LogP contribution < -0.4 is 10.6 Å². The number of para-hydroxylation sites is 1. The van der Waals surface area contributed by atoms with E-state index in [0.29, 0.717) is 5.69 Å². The third-order valence-electron chi connectivity index (χ3n) is 5.50. The van der Waals surface area contributed by atoms with E-state index in [1.54, 1.807) is 12.1 Å². The summed E-state index contributed by atoms with van der Waals surface area (Å²) in [4.78, 5) is 38.5. The van der Waals surface area contributed by atoms with Gasteiger partial charge in [0.05, 0.1) is 11.8 Å². The first kappa shape index (κ1) is 15.9. The summed E-state index contributed by atoms with van der Waals surface area (Å²) < 4.78 is 0. The van der Waals surface area contributed by atoms with Gasteiger partial charge in [0.15, 0.2) is 0 Å². The lowest BCUT2D eigenvalue weighted by Gasteiger charge is -2.38. The van der Waals surface area contributed by atoms with E-state index < -0.39 is 0 Å². The monoisotopic (exact) mass is 339 g/mol. The van der Waals surface area contributed by atoms with Crippen LogP contribution in [0.25, 0.3) is 0 Å². The van der Waals surface area contributed by atoms with Crippen LogP contribution in [0.4, 0.5) is 10.5 Å². The SMILES string of the molecule is O=C(NCCN1C(=O)[C@@H]2[C@@H](C1=O)[C@H]1C=C[C@H]2CC1)Nc1ccccc1. The highest BCUT2D eigenvalue weighted by Gasteiger charge is 2.56. The molecule has 4 aliphatic rings. The van der Waals surface area contributed by atoms with E-state index in [0.717, 1.165) is 12.8 Å². The predicted molar refractivity (Wildman–Crippen MR) is 92.5 cm³/mol. The van der Waals surface area contributed by atoms with Crippen LogP contribution in [-0.2, 0) is 9.59 Å². The Hall–Kier alpha value is -2.63. The van der Waals surface area contributed by atoms with Crippen LogP contribution in [-0.4, -0.2) is 35.8 Å². The second-order valence-electron chi connectivity index (χ2n) is 6.92. The van der Waals surface area contributed by atoms with E-state index in [1.807, 2.05) is 18.2 Å². The molecule has 1 saturated carbocycles. The summed E-state index contributed by atoms with van der Waals surface area (Å²) in [6, 6.07) is 8.78. The molecule has 4 amide bonds. The normalized spacial score (nSPS) is 29.7. The van der Waals surface area contributed by atoms with Crippen molar-refractivity contribution in [2.45, 2.75) is 12.8 Å². The Morgan fingerprint density at radius 1 is 1.00 bits per heavy atom. The molecule has 2 fully saturated rings. The Kier molecular flexibility index (Phi) is 4.03. The number of carbonyl (C=O) groups excluding carboxylic acids is 3. The summed E-state index contributed by atoms with van der Waals surface area (Å²) in [6.45, 7) is 0.477. The second-order valence-corrected chi connectivity index (χ2v) is 6.92. The first-order valence-electron chi connectivity index (χ1n) is 8.78. The minimum atomic E-state index is -0.343. The van der Waals surface area contributed by atoms with Gasteiger partial charge in [0.2, 0.25) is 11.8 Å². The molecule has 2 N–H and O–H groups in total. The quantitative estimate of drug-likeness (QED) is 0.650. The lowest BCUT2D eigenvalue weighted by Crippen LogP contribution is -2.40. The molecule has 1 saturated heterocycles. The van der Waals surface area contributed by atoms with Gasteiger partial charge >= 0.3 is 6.03 Å². The Balaban J connectivity index is 1.32. The van der Waals surface area contributed by atoms with Crippen molar-refractivity contribution in [3.63, 3.8) is 0 Å². The van der Waals surface area contributed by atoms with Gasteiger partial charge in [-0.2, -0.15) is 0 Å². The topological polar surface area (TPSA) is 78.5 Å². The molecule has 5 rings (SSSR count). The van der Waals surface area contributed by atoms with Gasteiger partial charge in [0.1, 0.15) is 0 Å². The summed E-state index contributed by atoms with van der Waals surface area (Å²) >= 11 is 0. The van der Waals surface area contributed by atoms with Crippen molar-refractivity contribution in [3.8, 4) is 0 Å². The van der Waals surface area contributed by atoms with Gasteiger partial charge in [0, 0.05) is 18.8 Å². The Labute approximate surface area is 146 Å². The molecule has 0 radical (unpaired) electrons. The maximum atomic E-state index is 12.6. The summed E-state index contributed by atoms with van der Waals surface area (Å²) in [5.74, 6) is -0.112. The average molecular weight is 339 g/mol. The number of allylic oxidation sites excluding steroid dienone is 2. The zero-order valence-electron chi connectivity index (χ0n) is 13.9. The van der Waals surface area contributed by atoms with Crippen LogP contribution in [0.5, 0.6) is 0 Å². The first-order chi connectivity index (χ1) is 12.1. The summed E-state index contributed by atoms with van der Waals surface area (Å²) in [5.41, 5.74) is 0.696. The molecule has 25 heavy (non-hydrogen) atoms. The Bertz CT molecular complexity index is 699. The van der Waals surface area contributed by atoms with Crippen LogP contribution in [0, 0.1) is 23.7 Å². The molecule has 0 unspecified atom stereocenters. The smallest absolute Gasteiger partial charge is 0.319 e. The fraction of sp³-hybridized carbons (Fsp3) is 0.421. The van der Waals surface area contributed by atoms with Gasteiger partial charge in [0.25, 0.3) is 0 Å². The molecule has 3 aliphatic carbocycles. The van der Waals surface area contributed by atoms with E-state index in [1.165, 1.54) is 4.90 Å². The van der Waals surface area contributed by atoms with Crippen LogP contribution in [0.3, 0.4) is 0 Å². The van der Waals surface area contributed by atoms with Crippen molar-refractivity contribution < 1.29 is 14.4 Å². The third kappa shape index (κ3) is 2.81. The number of fused-ring (bicyclic) bond motifs is 1. The van der Waals surface area contributed by atoms with Gasteiger partial charge in [-0.1, -0.05) is 30.4 Å². The largest absolute Gasteiger partial charge is 0.336 e. The molecule has 1 aromatic rings. The fourth-order valence-electron chi connectivity index (χ4n) is 4.33. The number of nitrogens with one attached hydrogen (secondary N) is 2. The first-order valence-corrected chi connectivity index (χ1v) is 8.78. The average Bonchev–Trinajstić information content (AvgIpc) is 2.90. The lowest BCUT2D eigenvalue weighted by atomic mass is 9.63. The maximum absolute atomic E-state index is 12.6. The highest BCUT2D eigenvalue weighted by Crippen LogP contribution is 2.49. The molecular formula is C19H21N3O3. The lowest BCUT2D eigenvalue weighted by molar-refractivity contribution is -0.140. The number of carbonyl (C=O) groups is 3. The van der Waals surface area contributed by atoms with Gasteiger partial charge in [-0.25, -0.2) is 4.79 Å². The van der Waals surface area contributed by atoms with E-state index >= 15 is 0 Å². The molecule has 1 aliphatic heterocycles.